The number of thioether (sulfide) groups is 1. The molecule has 2 heterocycles. The molecule has 0 radical (unpaired) electrons. The van der Waals surface area contributed by atoms with Gasteiger partial charge in [0, 0.05) is 22.9 Å². The Bertz CT molecular complexity index is 848. The van der Waals surface area contributed by atoms with Crippen molar-refractivity contribution in [3.05, 3.63) is 53.1 Å². The summed E-state index contributed by atoms with van der Waals surface area (Å²) in [5.41, 5.74) is 3.19. The first-order chi connectivity index (χ1) is 12.0. The molecule has 0 atom stereocenters. The van der Waals surface area contributed by atoms with E-state index in [4.69, 9.17) is 4.74 Å². The molecule has 0 spiro atoms. The lowest BCUT2D eigenvalue weighted by Crippen LogP contribution is -2.22. The molecule has 1 aromatic heterocycles. The molecular formula is C20H20N2O2S. The van der Waals surface area contributed by atoms with Crippen molar-refractivity contribution in [3.8, 4) is 11.8 Å². The first-order valence-corrected chi connectivity index (χ1v) is 9.26. The number of fused-ring (bicyclic) bond motifs is 1. The molecule has 0 aliphatic carbocycles. The van der Waals surface area contributed by atoms with Crippen LogP contribution in [0, 0.1) is 11.8 Å². The number of carbonyl (C=O) groups excluding carboxylic acids is 1. The van der Waals surface area contributed by atoms with Crippen LogP contribution in [-0.2, 0) is 10.2 Å². The predicted octanol–water partition coefficient (Wildman–Crippen LogP) is 3.83. The summed E-state index contributed by atoms with van der Waals surface area (Å²) in [6.45, 7) is 6.61. The third-order valence-electron chi connectivity index (χ3n) is 4.15. The number of benzene rings is 1. The van der Waals surface area contributed by atoms with Gasteiger partial charge in [-0.15, -0.1) is 11.8 Å². The molecule has 0 unspecified atom stereocenters. The van der Waals surface area contributed by atoms with Gasteiger partial charge in [0.15, 0.2) is 0 Å². The van der Waals surface area contributed by atoms with E-state index in [1.165, 1.54) is 16.9 Å². The minimum Gasteiger partial charge on any atom is -0.460 e. The first-order valence-electron chi connectivity index (χ1n) is 8.28. The average Bonchev–Trinajstić information content (AvgIpc) is 2.61. The van der Waals surface area contributed by atoms with Gasteiger partial charge >= 0.3 is 5.97 Å². The Labute approximate surface area is 152 Å². The number of nitrogens with zero attached hydrogens (tertiary/aromatic N) is 2. The Morgan fingerprint density at radius 1 is 1.24 bits per heavy atom. The van der Waals surface area contributed by atoms with Gasteiger partial charge in [0.2, 0.25) is 5.82 Å². The summed E-state index contributed by atoms with van der Waals surface area (Å²) in [7, 11) is 0. The lowest BCUT2D eigenvalue weighted by atomic mass is 9.81. The van der Waals surface area contributed by atoms with Crippen LogP contribution in [0.15, 0.2) is 35.5 Å². The van der Waals surface area contributed by atoms with Crippen LogP contribution in [0.25, 0.3) is 0 Å². The number of esters is 1. The topological polar surface area (TPSA) is 52.1 Å². The molecular weight excluding hydrogens is 332 g/mol. The van der Waals surface area contributed by atoms with Crippen molar-refractivity contribution in [1.29, 1.82) is 0 Å². The van der Waals surface area contributed by atoms with Crippen molar-refractivity contribution in [2.24, 2.45) is 0 Å². The zero-order valence-corrected chi connectivity index (χ0v) is 15.4. The molecule has 3 rings (SSSR count). The standard InChI is InChI=1S/C20H20N2O2S/c1-4-24-19(23)18-21-12-15(13-22-18)6-5-14-7-8-17-16(11-14)20(2,3)9-10-25-17/h7-8,11-13H,4,9-10H2,1-3H3. The van der Waals surface area contributed by atoms with Gasteiger partial charge in [0.25, 0.3) is 0 Å². The van der Waals surface area contributed by atoms with E-state index in [1.807, 2.05) is 17.8 Å². The highest BCUT2D eigenvalue weighted by Gasteiger charge is 2.27. The van der Waals surface area contributed by atoms with Crippen LogP contribution < -0.4 is 0 Å². The van der Waals surface area contributed by atoms with E-state index in [-0.39, 0.29) is 11.2 Å². The van der Waals surface area contributed by atoms with E-state index >= 15 is 0 Å². The Balaban J connectivity index is 1.81. The molecule has 1 aliphatic rings. The monoisotopic (exact) mass is 352 g/mol. The van der Waals surface area contributed by atoms with Crippen LogP contribution >= 0.6 is 11.8 Å². The molecule has 0 N–H and O–H groups in total. The van der Waals surface area contributed by atoms with Gasteiger partial charge in [0.05, 0.1) is 12.2 Å². The molecule has 128 valence electrons. The van der Waals surface area contributed by atoms with E-state index in [2.05, 4.69) is 47.8 Å². The second kappa shape index (κ2) is 7.28. The van der Waals surface area contributed by atoms with E-state index in [1.54, 1.807) is 19.3 Å². The average molecular weight is 352 g/mol. The fourth-order valence-corrected chi connectivity index (χ4v) is 4.14. The van der Waals surface area contributed by atoms with Crippen LogP contribution in [0.2, 0.25) is 0 Å². The maximum atomic E-state index is 11.5. The minimum absolute atomic E-state index is 0.0555. The number of rotatable bonds is 2. The summed E-state index contributed by atoms with van der Waals surface area (Å²) in [5.74, 6) is 6.93. The van der Waals surface area contributed by atoms with Gasteiger partial charge in [-0.05, 0) is 48.3 Å². The van der Waals surface area contributed by atoms with Crippen molar-refractivity contribution in [1.82, 2.24) is 9.97 Å². The smallest absolute Gasteiger partial charge is 0.376 e. The van der Waals surface area contributed by atoms with E-state index in [0.717, 1.165) is 11.3 Å². The van der Waals surface area contributed by atoms with Crippen LogP contribution in [0.5, 0.6) is 0 Å². The Kier molecular flexibility index (Phi) is 5.10. The zero-order valence-electron chi connectivity index (χ0n) is 14.6. The number of ether oxygens (including phenoxy) is 1. The SMILES string of the molecule is CCOC(=O)c1ncc(C#Cc2ccc3c(c2)C(C)(C)CCS3)cn1. The molecule has 1 aromatic carbocycles. The summed E-state index contributed by atoms with van der Waals surface area (Å²) in [4.78, 5) is 20.9. The summed E-state index contributed by atoms with van der Waals surface area (Å²) >= 11 is 1.91. The van der Waals surface area contributed by atoms with Gasteiger partial charge < -0.3 is 4.74 Å². The Morgan fingerprint density at radius 2 is 1.96 bits per heavy atom. The molecule has 5 heteroatoms. The molecule has 0 amide bonds. The van der Waals surface area contributed by atoms with Crippen LogP contribution in [0.4, 0.5) is 0 Å². The summed E-state index contributed by atoms with van der Waals surface area (Å²) in [6.07, 6.45) is 4.26. The number of hydrogen-bond donors (Lipinski definition) is 0. The van der Waals surface area contributed by atoms with E-state index in [9.17, 15) is 4.79 Å². The summed E-state index contributed by atoms with van der Waals surface area (Å²) in [5, 5.41) is 0. The lowest BCUT2D eigenvalue weighted by molar-refractivity contribution is 0.0512. The van der Waals surface area contributed by atoms with Gasteiger partial charge in [0.1, 0.15) is 0 Å². The lowest BCUT2D eigenvalue weighted by Gasteiger charge is -2.32. The van der Waals surface area contributed by atoms with Crippen molar-refractivity contribution in [2.75, 3.05) is 12.4 Å². The van der Waals surface area contributed by atoms with Gasteiger partial charge in [-0.25, -0.2) is 14.8 Å². The number of carbonyl (C=O) groups is 1. The van der Waals surface area contributed by atoms with Gasteiger partial charge in [-0.1, -0.05) is 25.7 Å². The predicted molar refractivity (Wildman–Crippen MR) is 98.8 cm³/mol. The van der Waals surface area contributed by atoms with Crippen molar-refractivity contribution >= 4 is 17.7 Å². The number of hydrogen-bond acceptors (Lipinski definition) is 5. The molecule has 4 nitrogen and oxygen atoms in total. The Morgan fingerprint density at radius 3 is 2.68 bits per heavy atom. The highest BCUT2D eigenvalue weighted by atomic mass is 32.2. The van der Waals surface area contributed by atoms with Crippen LogP contribution in [0.1, 0.15) is 54.5 Å². The summed E-state index contributed by atoms with van der Waals surface area (Å²) < 4.78 is 4.87. The number of aromatic nitrogens is 2. The summed E-state index contributed by atoms with van der Waals surface area (Å²) in [6, 6.07) is 6.39. The highest BCUT2D eigenvalue weighted by molar-refractivity contribution is 7.99. The Hall–Kier alpha value is -2.32. The fourth-order valence-electron chi connectivity index (χ4n) is 2.65. The van der Waals surface area contributed by atoms with Gasteiger partial charge in [-0.2, -0.15) is 0 Å². The van der Waals surface area contributed by atoms with Crippen molar-refractivity contribution in [3.63, 3.8) is 0 Å². The third kappa shape index (κ3) is 4.02. The molecule has 25 heavy (non-hydrogen) atoms. The van der Waals surface area contributed by atoms with Crippen molar-refractivity contribution in [2.45, 2.75) is 37.5 Å². The third-order valence-corrected chi connectivity index (χ3v) is 5.23. The van der Waals surface area contributed by atoms with E-state index < -0.39 is 5.97 Å². The largest absolute Gasteiger partial charge is 0.460 e. The molecule has 0 fully saturated rings. The highest BCUT2D eigenvalue weighted by Crippen LogP contribution is 2.41. The maximum absolute atomic E-state index is 11.5. The normalized spacial score (nSPS) is 14.8. The minimum atomic E-state index is -0.517. The molecule has 1 aliphatic heterocycles. The zero-order chi connectivity index (χ0) is 17.9. The molecule has 2 aromatic rings. The fraction of sp³-hybridized carbons (Fsp3) is 0.350. The first kappa shape index (κ1) is 17.5. The van der Waals surface area contributed by atoms with Crippen molar-refractivity contribution < 1.29 is 9.53 Å². The van der Waals surface area contributed by atoms with E-state index in [0.29, 0.717) is 12.2 Å². The second-order valence-electron chi connectivity index (χ2n) is 6.46. The van der Waals surface area contributed by atoms with Crippen LogP contribution in [0.3, 0.4) is 0 Å². The molecule has 0 saturated carbocycles. The molecule has 0 saturated heterocycles. The molecule has 0 bridgehead atoms. The van der Waals surface area contributed by atoms with Gasteiger partial charge in [-0.3, -0.25) is 0 Å². The quantitative estimate of drug-likeness (QED) is 0.607. The second-order valence-corrected chi connectivity index (χ2v) is 7.60. The maximum Gasteiger partial charge on any atom is 0.376 e. The van der Waals surface area contributed by atoms with Crippen LogP contribution in [-0.4, -0.2) is 28.3 Å².